The van der Waals surface area contributed by atoms with E-state index in [9.17, 15) is 8.42 Å². The van der Waals surface area contributed by atoms with Crippen molar-refractivity contribution in [3.63, 3.8) is 0 Å². The number of hydrogen-bond donors (Lipinski definition) is 0. The van der Waals surface area contributed by atoms with E-state index in [-0.39, 0.29) is 12.2 Å². The highest BCUT2D eigenvalue weighted by Gasteiger charge is 2.29. The molecule has 1 aliphatic carbocycles. The Kier molecular flexibility index (Phi) is 5.22. The summed E-state index contributed by atoms with van der Waals surface area (Å²) in [4.78, 5) is 0. The molecule has 1 fully saturated rings. The summed E-state index contributed by atoms with van der Waals surface area (Å²) in [6.45, 7) is 0. The molecule has 2 unspecified atom stereocenters. The molecule has 0 aromatic heterocycles. The van der Waals surface area contributed by atoms with Crippen LogP contribution in [-0.4, -0.2) is 33.1 Å². The fourth-order valence-corrected chi connectivity index (χ4v) is 2.77. The summed E-state index contributed by atoms with van der Waals surface area (Å²) in [6, 6.07) is 0. The molecule has 0 aromatic carbocycles. The summed E-state index contributed by atoms with van der Waals surface area (Å²) >= 11 is -2.56. The van der Waals surface area contributed by atoms with Crippen molar-refractivity contribution in [2.75, 3.05) is 12.5 Å². The van der Waals surface area contributed by atoms with E-state index in [0.29, 0.717) is 0 Å². The molecule has 0 spiro atoms. The quantitative estimate of drug-likeness (QED) is 0.733. The predicted molar refractivity (Wildman–Crippen MR) is 56.3 cm³/mol. The lowest BCUT2D eigenvalue weighted by Gasteiger charge is -2.28. The predicted octanol–water partition coefficient (Wildman–Crippen LogP) is 0.918. The molecular formula is C8H16O4S2. The van der Waals surface area contributed by atoms with E-state index in [1.165, 1.54) is 12.5 Å². The zero-order valence-corrected chi connectivity index (χ0v) is 10.1. The van der Waals surface area contributed by atoms with Gasteiger partial charge >= 0.3 is 0 Å². The standard InChI is InChI=1S/C8H16O4S2/c1-13(9)11-7-5-3-4-6-8(7)12-14(2)10/h7-8H,3-6H2,1-2H3/t7-,8+,13?,14?. The van der Waals surface area contributed by atoms with Crippen molar-refractivity contribution in [2.24, 2.45) is 0 Å². The first-order valence-electron chi connectivity index (χ1n) is 4.60. The van der Waals surface area contributed by atoms with Gasteiger partial charge in [0.1, 0.15) is 12.2 Å². The van der Waals surface area contributed by atoms with Gasteiger partial charge in [-0.2, -0.15) is 0 Å². The summed E-state index contributed by atoms with van der Waals surface area (Å²) in [7, 11) is 0. The minimum atomic E-state index is -1.28. The first-order valence-corrected chi connectivity index (χ1v) is 7.57. The van der Waals surface area contributed by atoms with Gasteiger partial charge in [0.15, 0.2) is 22.2 Å². The highest BCUT2D eigenvalue weighted by atomic mass is 32.2. The lowest BCUT2D eigenvalue weighted by Crippen LogP contribution is -2.35. The zero-order chi connectivity index (χ0) is 10.6. The average molecular weight is 240 g/mol. The molecule has 4 atom stereocenters. The Labute approximate surface area is 89.7 Å². The molecule has 0 aliphatic heterocycles. The monoisotopic (exact) mass is 240 g/mol. The maximum absolute atomic E-state index is 10.9. The summed E-state index contributed by atoms with van der Waals surface area (Å²) in [5, 5.41) is 0. The van der Waals surface area contributed by atoms with E-state index >= 15 is 0 Å². The van der Waals surface area contributed by atoms with Crippen LogP contribution in [0.5, 0.6) is 0 Å². The van der Waals surface area contributed by atoms with Crippen LogP contribution in [0.1, 0.15) is 25.7 Å². The Balaban J connectivity index is 2.49. The molecule has 0 amide bonds. The summed E-state index contributed by atoms with van der Waals surface area (Å²) < 4.78 is 32.2. The molecule has 0 aromatic rings. The highest BCUT2D eigenvalue weighted by molar-refractivity contribution is 7.79. The fraction of sp³-hybridized carbons (Fsp3) is 1.00. The first kappa shape index (κ1) is 12.3. The van der Waals surface area contributed by atoms with Gasteiger partial charge in [0.2, 0.25) is 0 Å². The van der Waals surface area contributed by atoms with Gasteiger partial charge in [0, 0.05) is 12.5 Å². The van der Waals surface area contributed by atoms with Gasteiger partial charge in [0.25, 0.3) is 0 Å². The van der Waals surface area contributed by atoms with Crippen LogP contribution in [0.3, 0.4) is 0 Å². The van der Waals surface area contributed by atoms with Gasteiger partial charge in [-0.25, -0.2) is 8.42 Å². The normalized spacial score (nSPS) is 32.4. The van der Waals surface area contributed by atoms with E-state index in [0.717, 1.165) is 25.7 Å². The Bertz CT molecular complexity index is 207. The molecule has 14 heavy (non-hydrogen) atoms. The van der Waals surface area contributed by atoms with Crippen LogP contribution >= 0.6 is 0 Å². The minimum absolute atomic E-state index is 0.168. The van der Waals surface area contributed by atoms with Crippen LogP contribution < -0.4 is 0 Å². The molecule has 0 saturated heterocycles. The van der Waals surface area contributed by atoms with Gasteiger partial charge in [0.05, 0.1) is 0 Å². The van der Waals surface area contributed by atoms with Gasteiger partial charge in [-0.3, -0.25) is 8.37 Å². The van der Waals surface area contributed by atoms with Crippen molar-refractivity contribution in [1.82, 2.24) is 0 Å². The molecule has 0 heterocycles. The average Bonchev–Trinajstić information content (AvgIpc) is 2.06. The summed E-state index contributed by atoms with van der Waals surface area (Å²) in [5.41, 5.74) is 0. The van der Waals surface area contributed by atoms with Crippen molar-refractivity contribution in [2.45, 2.75) is 37.9 Å². The van der Waals surface area contributed by atoms with Crippen molar-refractivity contribution in [3.05, 3.63) is 0 Å². The summed E-state index contributed by atoms with van der Waals surface area (Å²) in [6.07, 6.45) is 6.43. The van der Waals surface area contributed by atoms with Crippen LogP contribution in [0.2, 0.25) is 0 Å². The maximum atomic E-state index is 10.9. The van der Waals surface area contributed by atoms with Crippen LogP contribution in [0.4, 0.5) is 0 Å². The second kappa shape index (κ2) is 5.95. The first-order chi connectivity index (χ1) is 6.59. The van der Waals surface area contributed by atoms with Gasteiger partial charge < -0.3 is 0 Å². The largest absolute Gasteiger partial charge is 0.285 e. The molecule has 1 rings (SSSR count). The van der Waals surface area contributed by atoms with Crippen molar-refractivity contribution < 1.29 is 16.8 Å². The lowest BCUT2D eigenvalue weighted by molar-refractivity contribution is 0.0409. The topological polar surface area (TPSA) is 52.6 Å². The van der Waals surface area contributed by atoms with Gasteiger partial charge in [-0.15, -0.1) is 0 Å². The van der Waals surface area contributed by atoms with E-state index in [1.54, 1.807) is 0 Å². The molecule has 1 aliphatic rings. The molecule has 0 bridgehead atoms. The van der Waals surface area contributed by atoms with Crippen LogP contribution in [0, 0.1) is 0 Å². The van der Waals surface area contributed by atoms with E-state index in [4.69, 9.17) is 8.37 Å². The molecular weight excluding hydrogens is 224 g/mol. The molecule has 84 valence electrons. The van der Waals surface area contributed by atoms with E-state index in [2.05, 4.69) is 0 Å². The van der Waals surface area contributed by atoms with Crippen molar-refractivity contribution >= 4 is 22.2 Å². The maximum Gasteiger partial charge on any atom is 0.152 e. The second-order valence-electron chi connectivity index (χ2n) is 3.36. The van der Waals surface area contributed by atoms with Crippen LogP contribution in [-0.2, 0) is 30.5 Å². The number of rotatable bonds is 4. The Morgan fingerprint density at radius 3 is 1.57 bits per heavy atom. The van der Waals surface area contributed by atoms with Crippen molar-refractivity contribution in [3.8, 4) is 0 Å². The van der Waals surface area contributed by atoms with Crippen LogP contribution in [0.25, 0.3) is 0 Å². The Morgan fingerprint density at radius 1 is 0.929 bits per heavy atom. The van der Waals surface area contributed by atoms with Gasteiger partial charge in [-0.05, 0) is 12.8 Å². The highest BCUT2D eigenvalue weighted by Crippen LogP contribution is 2.24. The Hall–Kier alpha value is 0.220. The van der Waals surface area contributed by atoms with Crippen LogP contribution in [0.15, 0.2) is 0 Å². The summed E-state index contributed by atoms with van der Waals surface area (Å²) in [5.74, 6) is 0. The molecule has 1 saturated carbocycles. The van der Waals surface area contributed by atoms with Gasteiger partial charge in [-0.1, -0.05) is 12.8 Å². The smallest absolute Gasteiger partial charge is 0.152 e. The van der Waals surface area contributed by atoms with E-state index < -0.39 is 22.2 Å². The molecule has 6 heteroatoms. The van der Waals surface area contributed by atoms with Crippen molar-refractivity contribution in [1.29, 1.82) is 0 Å². The molecule has 4 nitrogen and oxygen atoms in total. The fourth-order valence-electron chi connectivity index (χ4n) is 1.63. The lowest BCUT2D eigenvalue weighted by atomic mass is 9.95. The third kappa shape index (κ3) is 4.16. The molecule has 0 N–H and O–H groups in total. The Morgan fingerprint density at radius 2 is 1.29 bits per heavy atom. The molecule has 0 radical (unpaired) electrons. The second-order valence-corrected chi connectivity index (χ2v) is 5.35. The zero-order valence-electron chi connectivity index (χ0n) is 8.43. The van der Waals surface area contributed by atoms with E-state index in [1.807, 2.05) is 0 Å². The third-order valence-electron chi connectivity index (χ3n) is 2.16. The SMILES string of the molecule is CS(=O)O[C@H]1CCCC[C@H]1OS(C)=O. The number of hydrogen-bond acceptors (Lipinski definition) is 4. The third-order valence-corrected chi connectivity index (χ3v) is 3.20. The minimum Gasteiger partial charge on any atom is -0.285 e.